The summed E-state index contributed by atoms with van der Waals surface area (Å²) in [6, 6.07) is 7.07. The second kappa shape index (κ2) is 4.57. The number of hydrogen-bond donors (Lipinski definition) is 1. The fourth-order valence-electron chi connectivity index (χ4n) is 2.43. The van der Waals surface area contributed by atoms with E-state index >= 15 is 0 Å². The van der Waals surface area contributed by atoms with Crippen LogP contribution in [0.4, 0.5) is 5.69 Å². The molecule has 100 valence electrons. The molecule has 0 aromatic heterocycles. The van der Waals surface area contributed by atoms with Crippen LogP contribution in [0.15, 0.2) is 24.3 Å². The third-order valence-electron chi connectivity index (χ3n) is 3.53. The first kappa shape index (κ1) is 12.0. The molecule has 2 amide bonds. The largest absolute Gasteiger partial charge is 0.495 e. The number of carbonyl (C=O) groups is 2. The summed E-state index contributed by atoms with van der Waals surface area (Å²) in [6.07, 6.45) is 2.12. The number of para-hydroxylation sites is 2. The van der Waals surface area contributed by atoms with Gasteiger partial charge in [0.15, 0.2) is 0 Å². The van der Waals surface area contributed by atoms with Crippen molar-refractivity contribution >= 4 is 17.5 Å². The van der Waals surface area contributed by atoms with E-state index in [1.165, 1.54) is 4.90 Å². The van der Waals surface area contributed by atoms with Gasteiger partial charge < -0.3 is 10.1 Å². The zero-order valence-electron chi connectivity index (χ0n) is 10.8. The lowest BCUT2D eigenvalue weighted by atomic mass is 10.2. The van der Waals surface area contributed by atoms with E-state index in [9.17, 15) is 9.59 Å². The molecule has 5 nitrogen and oxygen atoms in total. The van der Waals surface area contributed by atoms with E-state index in [0.29, 0.717) is 5.75 Å². The Hall–Kier alpha value is -2.04. The molecule has 1 aromatic rings. The third-order valence-corrected chi connectivity index (χ3v) is 3.53. The van der Waals surface area contributed by atoms with Crippen molar-refractivity contribution in [1.29, 1.82) is 0 Å². The summed E-state index contributed by atoms with van der Waals surface area (Å²) in [7, 11) is 1.58. The molecule has 1 aromatic carbocycles. The van der Waals surface area contributed by atoms with Gasteiger partial charge in [-0.1, -0.05) is 12.1 Å². The van der Waals surface area contributed by atoms with E-state index in [1.54, 1.807) is 7.11 Å². The number of anilines is 1. The first-order valence-electron chi connectivity index (χ1n) is 6.46. The molecule has 3 rings (SSSR count). The summed E-state index contributed by atoms with van der Waals surface area (Å²) < 4.78 is 5.23. The van der Waals surface area contributed by atoms with Gasteiger partial charge in [0, 0.05) is 6.04 Å². The Labute approximate surface area is 111 Å². The Balaban J connectivity index is 1.77. The van der Waals surface area contributed by atoms with Crippen LogP contribution in [0.2, 0.25) is 0 Å². The zero-order valence-corrected chi connectivity index (χ0v) is 10.8. The molecule has 1 heterocycles. The van der Waals surface area contributed by atoms with Gasteiger partial charge in [0.2, 0.25) is 5.91 Å². The Morgan fingerprint density at radius 3 is 2.68 bits per heavy atom. The lowest BCUT2D eigenvalue weighted by Crippen LogP contribution is -2.36. The predicted molar refractivity (Wildman–Crippen MR) is 69.9 cm³/mol. The number of amides is 2. The number of imide groups is 1. The van der Waals surface area contributed by atoms with Gasteiger partial charge in [-0.2, -0.15) is 0 Å². The van der Waals surface area contributed by atoms with Gasteiger partial charge in [0.1, 0.15) is 11.8 Å². The quantitative estimate of drug-likeness (QED) is 0.831. The van der Waals surface area contributed by atoms with Crippen molar-refractivity contribution in [2.75, 3.05) is 12.4 Å². The van der Waals surface area contributed by atoms with Gasteiger partial charge in [0.05, 0.1) is 19.2 Å². The molecule has 1 unspecified atom stereocenters. The normalized spacial score (nSPS) is 22.8. The van der Waals surface area contributed by atoms with Crippen molar-refractivity contribution in [3.8, 4) is 5.75 Å². The number of benzene rings is 1. The molecule has 1 atom stereocenters. The monoisotopic (exact) mass is 260 g/mol. The highest BCUT2D eigenvalue weighted by Gasteiger charge is 2.46. The first-order valence-corrected chi connectivity index (χ1v) is 6.46. The second-order valence-electron chi connectivity index (χ2n) is 4.93. The van der Waals surface area contributed by atoms with Gasteiger partial charge in [-0.05, 0) is 25.0 Å². The molecule has 2 aliphatic rings. The van der Waals surface area contributed by atoms with Crippen LogP contribution in [-0.2, 0) is 9.59 Å². The minimum Gasteiger partial charge on any atom is -0.495 e. The molecule has 1 saturated carbocycles. The van der Waals surface area contributed by atoms with E-state index in [1.807, 2.05) is 24.3 Å². The van der Waals surface area contributed by atoms with Gasteiger partial charge in [-0.15, -0.1) is 0 Å². The Morgan fingerprint density at radius 2 is 2.00 bits per heavy atom. The van der Waals surface area contributed by atoms with Crippen LogP contribution in [0.1, 0.15) is 19.3 Å². The fourth-order valence-corrected chi connectivity index (χ4v) is 2.43. The fraction of sp³-hybridized carbons (Fsp3) is 0.429. The minimum atomic E-state index is -0.468. The van der Waals surface area contributed by atoms with Crippen molar-refractivity contribution < 1.29 is 14.3 Å². The van der Waals surface area contributed by atoms with Crippen LogP contribution < -0.4 is 10.1 Å². The molecule has 5 heteroatoms. The van der Waals surface area contributed by atoms with E-state index < -0.39 is 6.04 Å². The number of nitrogens with one attached hydrogen (secondary N) is 1. The molecule has 1 aliphatic carbocycles. The van der Waals surface area contributed by atoms with Gasteiger partial charge in [0.25, 0.3) is 5.91 Å². The van der Waals surface area contributed by atoms with Gasteiger partial charge in [-0.25, -0.2) is 0 Å². The predicted octanol–water partition coefficient (Wildman–Crippen LogP) is 1.40. The maximum Gasteiger partial charge on any atom is 0.252 e. The number of carbonyl (C=O) groups excluding carboxylic acids is 2. The van der Waals surface area contributed by atoms with Crippen LogP contribution in [-0.4, -0.2) is 35.9 Å². The second-order valence-corrected chi connectivity index (χ2v) is 4.93. The summed E-state index contributed by atoms with van der Waals surface area (Å²) in [5.41, 5.74) is 0.744. The smallest absolute Gasteiger partial charge is 0.252 e. The highest BCUT2D eigenvalue weighted by Crippen LogP contribution is 2.33. The molecule has 1 N–H and O–H groups in total. The van der Waals surface area contributed by atoms with Crippen LogP contribution >= 0.6 is 0 Å². The van der Waals surface area contributed by atoms with E-state index in [4.69, 9.17) is 4.74 Å². The number of nitrogens with zero attached hydrogens (tertiary/aromatic N) is 1. The maximum atomic E-state index is 12.2. The number of hydrogen-bond acceptors (Lipinski definition) is 4. The third kappa shape index (κ3) is 2.16. The molecule has 2 fully saturated rings. The number of ether oxygens (including phenoxy) is 1. The number of rotatable bonds is 4. The van der Waals surface area contributed by atoms with Crippen molar-refractivity contribution in [2.45, 2.75) is 31.3 Å². The number of methoxy groups -OCH3 is 1. The zero-order chi connectivity index (χ0) is 13.4. The van der Waals surface area contributed by atoms with E-state index in [-0.39, 0.29) is 24.3 Å². The highest BCUT2D eigenvalue weighted by atomic mass is 16.5. The average Bonchev–Trinajstić information content (AvgIpc) is 3.19. The lowest BCUT2D eigenvalue weighted by molar-refractivity contribution is -0.139. The summed E-state index contributed by atoms with van der Waals surface area (Å²) in [6.45, 7) is 0. The molecule has 19 heavy (non-hydrogen) atoms. The topological polar surface area (TPSA) is 58.6 Å². The van der Waals surface area contributed by atoms with Crippen molar-refractivity contribution in [2.24, 2.45) is 0 Å². The summed E-state index contributed by atoms with van der Waals surface area (Å²) in [5, 5.41) is 3.12. The molecule has 0 radical (unpaired) electrons. The Kier molecular flexibility index (Phi) is 2.89. The standard InChI is InChI=1S/C14H16N2O3/c1-19-12-5-3-2-4-10(12)15-11-8-13(17)16(14(11)18)9-6-7-9/h2-5,9,11,15H,6-8H2,1H3. The van der Waals surface area contributed by atoms with Crippen molar-refractivity contribution in [3.63, 3.8) is 0 Å². The lowest BCUT2D eigenvalue weighted by Gasteiger charge is -2.16. The van der Waals surface area contributed by atoms with Crippen LogP contribution in [0.3, 0.4) is 0 Å². The van der Waals surface area contributed by atoms with Gasteiger partial charge in [-0.3, -0.25) is 14.5 Å². The summed E-state index contributed by atoms with van der Waals surface area (Å²) in [4.78, 5) is 25.5. The molecule has 1 saturated heterocycles. The molecular formula is C14H16N2O3. The van der Waals surface area contributed by atoms with Gasteiger partial charge >= 0.3 is 0 Å². The SMILES string of the molecule is COc1ccccc1NC1CC(=O)N(C2CC2)C1=O. The van der Waals surface area contributed by atoms with Crippen molar-refractivity contribution in [1.82, 2.24) is 4.90 Å². The molecule has 1 aliphatic heterocycles. The van der Waals surface area contributed by atoms with Crippen LogP contribution in [0, 0.1) is 0 Å². The van der Waals surface area contributed by atoms with Crippen molar-refractivity contribution in [3.05, 3.63) is 24.3 Å². The first-order chi connectivity index (χ1) is 9.20. The van der Waals surface area contributed by atoms with E-state index in [0.717, 1.165) is 18.5 Å². The van der Waals surface area contributed by atoms with E-state index in [2.05, 4.69) is 5.32 Å². The minimum absolute atomic E-state index is 0.0695. The molecule has 0 spiro atoms. The molecular weight excluding hydrogens is 244 g/mol. The van der Waals surface area contributed by atoms with Crippen LogP contribution in [0.25, 0.3) is 0 Å². The maximum absolute atomic E-state index is 12.2. The molecule has 0 bridgehead atoms. The summed E-state index contributed by atoms with van der Waals surface area (Å²) >= 11 is 0. The van der Waals surface area contributed by atoms with Crippen LogP contribution in [0.5, 0.6) is 5.75 Å². The highest BCUT2D eigenvalue weighted by molar-refractivity contribution is 6.07. The average molecular weight is 260 g/mol. The Bertz CT molecular complexity index is 525. The number of likely N-dealkylation sites (tertiary alicyclic amines) is 1. The summed E-state index contributed by atoms with van der Waals surface area (Å²) in [5.74, 6) is 0.492. The Morgan fingerprint density at radius 1 is 1.26 bits per heavy atom.